The highest BCUT2D eigenvalue weighted by Crippen LogP contribution is 1.91. The molecular formula is C5H10N4O2. The van der Waals surface area contributed by atoms with E-state index in [4.69, 9.17) is 10.6 Å². The summed E-state index contributed by atoms with van der Waals surface area (Å²) in [5.41, 5.74) is 7.88. The van der Waals surface area contributed by atoms with Gasteiger partial charge in [-0.2, -0.15) is 0 Å². The van der Waals surface area contributed by atoms with Crippen LogP contribution in [0.25, 0.3) is 10.4 Å². The molecule has 0 saturated heterocycles. The molecule has 2 N–H and O–H groups in total. The molecule has 0 saturated carbocycles. The number of hydrogen-bond donors (Lipinski definition) is 2. The van der Waals surface area contributed by atoms with Gasteiger partial charge in [0.2, 0.25) is 0 Å². The Morgan fingerprint density at radius 3 is 2.91 bits per heavy atom. The second-order valence-corrected chi connectivity index (χ2v) is 1.92. The van der Waals surface area contributed by atoms with Crippen LogP contribution in [0.1, 0.15) is 6.42 Å². The third-order valence-corrected chi connectivity index (χ3v) is 1.23. The Bertz CT molecular complexity index is 175. The van der Waals surface area contributed by atoms with E-state index < -0.39 is 12.0 Å². The Balaban J connectivity index is 3.69. The maximum atomic E-state index is 10.3. The van der Waals surface area contributed by atoms with Crippen LogP contribution in [0.2, 0.25) is 0 Å². The van der Waals surface area contributed by atoms with Crippen molar-refractivity contribution in [1.29, 1.82) is 0 Å². The van der Waals surface area contributed by atoms with Gasteiger partial charge in [-0.1, -0.05) is 5.11 Å². The summed E-state index contributed by atoms with van der Waals surface area (Å²) in [5, 5.41) is 14.3. The molecule has 0 bridgehead atoms. The third kappa shape index (κ3) is 4.19. The Morgan fingerprint density at radius 1 is 1.91 bits per heavy atom. The Hall–Kier alpha value is -1.26. The lowest BCUT2D eigenvalue weighted by Crippen LogP contribution is -2.34. The average Bonchev–Trinajstić information content (AvgIpc) is 1.97. The molecule has 0 heterocycles. The molecule has 0 aliphatic rings. The highest BCUT2D eigenvalue weighted by molar-refractivity contribution is 5.73. The first-order chi connectivity index (χ1) is 5.22. The van der Waals surface area contributed by atoms with Crippen molar-refractivity contribution in [3.63, 3.8) is 0 Å². The highest BCUT2D eigenvalue weighted by atomic mass is 16.4. The number of carbonyl (C=O) groups is 1. The molecule has 1 atom stereocenters. The van der Waals surface area contributed by atoms with Gasteiger partial charge in [-0.05, 0) is 19.0 Å². The van der Waals surface area contributed by atoms with E-state index in [-0.39, 0.29) is 6.54 Å². The molecule has 6 nitrogen and oxygen atoms in total. The smallest absolute Gasteiger partial charge is 0.320 e. The largest absolute Gasteiger partial charge is 0.480 e. The van der Waals surface area contributed by atoms with E-state index in [0.29, 0.717) is 6.42 Å². The van der Waals surface area contributed by atoms with Crippen LogP contribution < -0.4 is 5.32 Å². The molecule has 0 aliphatic heterocycles. The van der Waals surface area contributed by atoms with E-state index in [1.165, 1.54) is 0 Å². The Morgan fingerprint density at radius 2 is 2.55 bits per heavy atom. The van der Waals surface area contributed by atoms with Crippen molar-refractivity contribution in [2.45, 2.75) is 12.5 Å². The molecule has 0 rings (SSSR count). The summed E-state index contributed by atoms with van der Waals surface area (Å²) in [6, 6.07) is -0.625. The quantitative estimate of drug-likeness (QED) is 0.343. The SMILES string of the molecule is CN[C@@H](CCN=[N+]=[N-])C(=O)O. The van der Waals surface area contributed by atoms with Crippen LogP contribution in [0.15, 0.2) is 5.11 Å². The Kier molecular flexibility index (Phi) is 4.89. The summed E-state index contributed by atoms with van der Waals surface area (Å²) in [6.07, 6.45) is 0.315. The van der Waals surface area contributed by atoms with Gasteiger partial charge in [-0.25, -0.2) is 0 Å². The predicted molar refractivity (Wildman–Crippen MR) is 39.1 cm³/mol. The zero-order valence-corrected chi connectivity index (χ0v) is 6.19. The topological polar surface area (TPSA) is 98.1 Å². The summed E-state index contributed by atoms with van der Waals surface area (Å²) >= 11 is 0. The Labute approximate surface area is 63.8 Å². The van der Waals surface area contributed by atoms with E-state index >= 15 is 0 Å². The van der Waals surface area contributed by atoms with E-state index in [0.717, 1.165) is 0 Å². The molecule has 0 aromatic rings. The second kappa shape index (κ2) is 5.52. The first-order valence-electron chi connectivity index (χ1n) is 3.13. The van der Waals surface area contributed by atoms with E-state index in [9.17, 15) is 4.79 Å². The minimum Gasteiger partial charge on any atom is -0.480 e. The van der Waals surface area contributed by atoms with Gasteiger partial charge >= 0.3 is 5.97 Å². The lowest BCUT2D eigenvalue weighted by molar-refractivity contribution is -0.139. The molecule has 0 amide bonds. The fourth-order valence-electron chi connectivity index (χ4n) is 0.623. The monoisotopic (exact) mass is 158 g/mol. The maximum absolute atomic E-state index is 10.3. The van der Waals surface area contributed by atoms with Crippen molar-refractivity contribution in [3.05, 3.63) is 10.4 Å². The zero-order chi connectivity index (χ0) is 8.69. The minimum absolute atomic E-state index is 0.203. The van der Waals surface area contributed by atoms with Crippen molar-refractivity contribution in [1.82, 2.24) is 5.32 Å². The molecule has 0 fully saturated rings. The van der Waals surface area contributed by atoms with E-state index in [1.807, 2.05) is 0 Å². The summed E-state index contributed by atoms with van der Waals surface area (Å²) in [7, 11) is 1.55. The van der Waals surface area contributed by atoms with Crippen LogP contribution in [-0.4, -0.2) is 30.7 Å². The summed E-state index contributed by atoms with van der Waals surface area (Å²) in [6.45, 7) is 0.203. The maximum Gasteiger partial charge on any atom is 0.320 e. The summed E-state index contributed by atoms with van der Waals surface area (Å²) in [4.78, 5) is 12.8. The molecule has 0 spiro atoms. The number of carboxylic acids is 1. The van der Waals surface area contributed by atoms with Crippen molar-refractivity contribution in [2.75, 3.05) is 13.6 Å². The zero-order valence-electron chi connectivity index (χ0n) is 6.19. The lowest BCUT2D eigenvalue weighted by Gasteiger charge is -2.07. The van der Waals surface area contributed by atoms with Crippen LogP contribution in [0.3, 0.4) is 0 Å². The van der Waals surface area contributed by atoms with Gasteiger partial charge in [0.1, 0.15) is 6.04 Å². The first-order valence-corrected chi connectivity index (χ1v) is 3.13. The van der Waals surface area contributed by atoms with Crippen LogP contribution in [0, 0.1) is 0 Å². The first kappa shape index (κ1) is 9.74. The van der Waals surface area contributed by atoms with Crippen molar-refractivity contribution >= 4 is 5.97 Å². The molecule has 0 aromatic carbocycles. The number of rotatable bonds is 5. The van der Waals surface area contributed by atoms with Crippen LogP contribution >= 0.6 is 0 Å². The van der Waals surface area contributed by atoms with Crippen LogP contribution in [-0.2, 0) is 4.79 Å². The number of azide groups is 1. The molecule has 0 aliphatic carbocycles. The van der Waals surface area contributed by atoms with Gasteiger partial charge in [0.25, 0.3) is 0 Å². The van der Waals surface area contributed by atoms with Crippen molar-refractivity contribution in [2.24, 2.45) is 5.11 Å². The van der Waals surface area contributed by atoms with Gasteiger partial charge in [-0.15, -0.1) is 0 Å². The second-order valence-electron chi connectivity index (χ2n) is 1.92. The lowest BCUT2D eigenvalue weighted by atomic mass is 10.2. The number of nitrogens with zero attached hydrogens (tertiary/aromatic N) is 3. The fraction of sp³-hybridized carbons (Fsp3) is 0.800. The number of likely N-dealkylation sites (N-methyl/N-ethyl adjacent to an activating group) is 1. The van der Waals surface area contributed by atoms with Gasteiger partial charge < -0.3 is 10.4 Å². The number of hydrogen-bond acceptors (Lipinski definition) is 3. The van der Waals surface area contributed by atoms with Gasteiger partial charge in [0, 0.05) is 11.5 Å². The highest BCUT2D eigenvalue weighted by Gasteiger charge is 2.12. The molecule has 0 radical (unpaired) electrons. The molecule has 0 unspecified atom stereocenters. The van der Waals surface area contributed by atoms with Gasteiger partial charge in [-0.3, -0.25) is 4.79 Å². The fourth-order valence-corrected chi connectivity index (χ4v) is 0.623. The van der Waals surface area contributed by atoms with Crippen molar-refractivity contribution in [3.8, 4) is 0 Å². The van der Waals surface area contributed by atoms with Gasteiger partial charge in [0.05, 0.1) is 0 Å². The summed E-state index contributed by atoms with van der Waals surface area (Å²) < 4.78 is 0. The molecule has 0 aromatic heterocycles. The van der Waals surface area contributed by atoms with Crippen LogP contribution in [0.5, 0.6) is 0 Å². The molecule has 6 heteroatoms. The standard InChI is InChI=1S/C5H10N4O2/c1-7-4(5(10)11)2-3-8-9-6/h4,7H,2-3H2,1H3,(H,10,11)/t4-/m0/s1. The normalized spacial score (nSPS) is 11.7. The van der Waals surface area contributed by atoms with Crippen molar-refractivity contribution < 1.29 is 9.90 Å². The van der Waals surface area contributed by atoms with E-state index in [2.05, 4.69) is 15.3 Å². The third-order valence-electron chi connectivity index (χ3n) is 1.23. The molecule has 11 heavy (non-hydrogen) atoms. The summed E-state index contributed by atoms with van der Waals surface area (Å²) in [5.74, 6) is -0.930. The molecule has 62 valence electrons. The number of carboxylic acid groups (broad SMARTS) is 1. The van der Waals surface area contributed by atoms with E-state index in [1.54, 1.807) is 7.05 Å². The minimum atomic E-state index is -0.930. The number of nitrogens with one attached hydrogen (secondary N) is 1. The number of aliphatic carboxylic acids is 1. The van der Waals surface area contributed by atoms with Crippen LogP contribution in [0.4, 0.5) is 0 Å². The predicted octanol–water partition coefficient (Wildman–Crippen LogP) is 0.359. The van der Waals surface area contributed by atoms with Gasteiger partial charge in [0.15, 0.2) is 0 Å². The average molecular weight is 158 g/mol. The molecular weight excluding hydrogens is 148 g/mol.